The molecule has 0 saturated carbocycles. The molecular weight excluding hydrogens is 470 g/mol. The Morgan fingerprint density at radius 2 is 1.95 bits per heavy atom. The van der Waals surface area contributed by atoms with Crippen molar-refractivity contribution in [2.24, 2.45) is 0 Å². The molecule has 10 nitrogen and oxygen atoms in total. The van der Waals surface area contributed by atoms with E-state index in [1.54, 1.807) is 42.5 Å². The van der Waals surface area contributed by atoms with Crippen molar-refractivity contribution < 1.29 is 9.47 Å². The van der Waals surface area contributed by atoms with Crippen molar-refractivity contribution in [3.8, 4) is 28.3 Å². The number of aromatic amines is 1. The summed E-state index contributed by atoms with van der Waals surface area (Å²) in [4.78, 5) is 29.1. The summed E-state index contributed by atoms with van der Waals surface area (Å²) < 4.78 is 15.0. The molecule has 0 bridgehead atoms. The number of rotatable bonds is 7. The molecule has 0 saturated heterocycles. The van der Waals surface area contributed by atoms with Crippen molar-refractivity contribution in [1.29, 1.82) is 0 Å². The molecule has 37 heavy (non-hydrogen) atoms. The number of imidazole rings is 1. The highest BCUT2D eigenvalue weighted by Gasteiger charge is 2.18. The Kier molecular flexibility index (Phi) is 5.61. The van der Waals surface area contributed by atoms with E-state index in [9.17, 15) is 4.79 Å². The fourth-order valence-corrected chi connectivity index (χ4v) is 4.49. The summed E-state index contributed by atoms with van der Waals surface area (Å²) in [5.74, 6) is 1.21. The molecule has 1 aromatic carbocycles. The first-order valence-corrected chi connectivity index (χ1v) is 11.8. The van der Waals surface area contributed by atoms with E-state index in [1.807, 2.05) is 54.2 Å². The van der Waals surface area contributed by atoms with Gasteiger partial charge in [0.2, 0.25) is 0 Å². The molecular formula is C27H23N7O3. The highest BCUT2D eigenvalue weighted by molar-refractivity contribution is 5.93. The van der Waals surface area contributed by atoms with Crippen molar-refractivity contribution in [2.45, 2.75) is 13.5 Å². The second-order valence-corrected chi connectivity index (χ2v) is 8.36. The highest BCUT2D eigenvalue weighted by Crippen LogP contribution is 2.36. The molecule has 5 aromatic heterocycles. The zero-order chi connectivity index (χ0) is 25.4. The van der Waals surface area contributed by atoms with E-state index in [4.69, 9.17) is 9.47 Å². The van der Waals surface area contributed by atoms with E-state index >= 15 is 0 Å². The summed E-state index contributed by atoms with van der Waals surface area (Å²) in [7, 11) is 1.62. The summed E-state index contributed by atoms with van der Waals surface area (Å²) in [6.45, 7) is 2.91. The number of methoxy groups -OCH3 is 1. The standard InChI is InChI=1S/C27H23N7O3/c1-3-37-23-9-11-29-26-24(23)34(27(35)32-26)19-7-8-22-20(12-19)25(36-2)21(14-30-22)17-13-31-33(15-17)16-18-6-4-5-10-28-18/h4-15H,3,16H2,1-2H3,(H,29,32,35). The van der Waals surface area contributed by atoms with Crippen LogP contribution in [0.15, 0.2) is 78.2 Å². The molecule has 0 radical (unpaired) electrons. The third-order valence-electron chi connectivity index (χ3n) is 6.10. The lowest BCUT2D eigenvalue weighted by molar-refractivity contribution is 0.343. The number of fused-ring (bicyclic) bond motifs is 2. The van der Waals surface area contributed by atoms with Crippen LogP contribution in [0.2, 0.25) is 0 Å². The average molecular weight is 494 g/mol. The van der Waals surface area contributed by atoms with Crippen molar-refractivity contribution in [3.63, 3.8) is 0 Å². The van der Waals surface area contributed by atoms with E-state index in [-0.39, 0.29) is 5.69 Å². The molecule has 0 fully saturated rings. The summed E-state index contributed by atoms with van der Waals surface area (Å²) >= 11 is 0. The maximum Gasteiger partial charge on any atom is 0.332 e. The Morgan fingerprint density at radius 1 is 1.03 bits per heavy atom. The smallest absolute Gasteiger partial charge is 0.332 e. The van der Waals surface area contributed by atoms with Crippen LogP contribution in [0.3, 0.4) is 0 Å². The van der Waals surface area contributed by atoms with Crippen LogP contribution in [0.4, 0.5) is 0 Å². The first kappa shape index (κ1) is 22.5. The molecule has 0 unspecified atom stereocenters. The van der Waals surface area contributed by atoms with Gasteiger partial charge in [-0.15, -0.1) is 0 Å². The predicted molar refractivity (Wildman–Crippen MR) is 139 cm³/mol. The van der Waals surface area contributed by atoms with Crippen molar-refractivity contribution >= 4 is 22.1 Å². The van der Waals surface area contributed by atoms with Crippen LogP contribution in [0.25, 0.3) is 38.9 Å². The van der Waals surface area contributed by atoms with Gasteiger partial charge in [0.1, 0.15) is 17.0 Å². The van der Waals surface area contributed by atoms with Crippen LogP contribution in [-0.2, 0) is 6.54 Å². The average Bonchev–Trinajstić information content (AvgIpc) is 3.52. The number of H-pyrrole nitrogens is 1. The Bertz CT molecular complexity index is 1790. The van der Waals surface area contributed by atoms with E-state index in [0.717, 1.165) is 27.7 Å². The van der Waals surface area contributed by atoms with Gasteiger partial charge in [-0.2, -0.15) is 5.10 Å². The van der Waals surface area contributed by atoms with Gasteiger partial charge in [0.15, 0.2) is 5.65 Å². The third kappa shape index (κ3) is 3.98. The normalized spacial score (nSPS) is 11.3. The van der Waals surface area contributed by atoms with Crippen LogP contribution in [0.1, 0.15) is 12.6 Å². The molecule has 6 aromatic rings. The molecule has 6 rings (SSSR count). The summed E-state index contributed by atoms with van der Waals surface area (Å²) in [5, 5.41) is 5.26. The number of nitrogens with one attached hydrogen (secondary N) is 1. The largest absolute Gasteiger partial charge is 0.495 e. The SMILES string of the molecule is CCOc1ccnc2[nH]c(=O)n(-c3ccc4ncc(-c5cnn(Cc6ccccn6)c5)c(OC)c4c3)c12. The van der Waals surface area contributed by atoms with Crippen LogP contribution < -0.4 is 15.2 Å². The first-order valence-electron chi connectivity index (χ1n) is 11.8. The molecule has 184 valence electrons. The summed E-state index contributed by atoms with van der Waals surface area (Å²) in [5.41, 5.74) is 4.66. The summed E-state index contributed by atoms with van der Waals surface area (Å²) in [6.07, 6.45) is 8.87. The van der Waals surface area contributed by atoms with Gasteiger partial charge < -0.3 is 9.47 Å². The predicted octanol–water partition coefficient (Wildman–Crippen LogP) is 3.98. The van der Waals surface area contributed by atoms with Crippen LogP contribution in [0.5, 0.6) is 11.5 Å². The summed E-state index contributed by atoms with van der Waals surface area (Å²) in [6, 6.07) is 13.1. The Hall–Kier alpha value is -4.99. The molecule has 5 heterocycles. The van der Waals surface area contributed by atoms with Crippen molar-refractivity contribution in [3.05, 3.63) is 89.6 Å². The van der Waals surface area contributed by atoms with Crippen molar-refractivity contribution in [2.75, 3.05) is 13.7 Å². The van der Waals surface area contributed by atoms with Gasteiger partial charge in [0, 0.05) is 47.4 Å². The van der Waals surface area contributed by atoms with Crippen molar-refractivity contribution in [1.82, 2.24) is 34.3 Å². The molecule has 0 amide bonds. The van der Waals surface area contributed by atoms with Crippen LogP contribution in [0, 0.1) is 0 Å². The van der Waals surface area contributed by atoms with Gasteiger partial charge in [-0.05, 0) is 37.3 Å². The Labute approximate surface area is 211 Å². The number of benzene rings is 1. The maximum atomic E-state index is 13.0. The van der Waals surface area contributed by atoms with E-state index < -0.39 is 0 Å². The number of nitrogens with zero attached hydrogens (tertiary/aromatic N) is 6. The lowest BCUT2D eigenvalue weighted by Gasteiger charge is -2.13. The van der Waals surface area contributed by atoms with Gasteiger partial charge in [0.05, 0.1) is 43.4 Å². The maximum absolute atomic E-state index is 13.0. The number of hydrogen-bond acceptors (Lipinski definition) is 7. The van der Waals surface area contributed by atoms with Gasteiger partial charge in [0.25, 0.3) is 0 Å². The molecule has 0 spiro atoms. The number of aromatic nitrogens is 7. The van der Waals surface area contributed by atoms with Crippen LogP contribution >= 0.6 is 0 Å². The van der Waals surface area contributed by atoms with Gasteiger partial charge in [-0.3, -0.25) is 24.2 Å². The number of pyridine rings is 3. The minimum Gasteiger partial charge on any atom is -0.495 e. The lowest BCUT2D eigenvalue weighted by atomic mass is 10.1. The van der Waals surface area contributed by atoms with E-state index in [0.29, 0.717) is 41.5 Å². The quantitative estimate of drug-likeness (QED) is 0.358. The molecule has 0 atom stereocenters. The molecule has 0 aliphatic rings. The van der Waals surface area contributed by atoms with E-state index in [1.165, 1.54) is 0 Å². The Balaban J connectivity index is 1.47. The first-order chi connectivity index (χ1) is 18.2. The monoisotopic (exact) mass is 493 g/mol. The van der Waals surface area contributed by atoms with E-state index in [2.05, 4.69) is 25.0 Å². The third-order valence-corrected chi connectivity index (χ3v) is 6.10. The number of ether oxygens (including phenoxy) is 2. The fourth-order valence-electron chi connectivity index (χ4n) is 4.49. The van der Waals surface area contributed by atoms with Gasteiger partial charge in [-0.25, -0.2) is 9.78 Å². The fraction of sp³-hybridized carbons (Fsp3) is 0.148. The topological polar surface area (TPSA) is 113 Å². The number of hydrogen-bond donors (Lipinski definition) is 1. The van der Waals surface area contributed by atoms with Gasteiger partial charge >= 0.3 is 5.69 Å². The Morgan fingerprint density at radius 3 is 2.76 bits per heavy atom. The molecule has 0 aliphatic heterocycles. The lowest BCUT2D eigenvalue weighted by Crippen LogP contribution is -2.15. The highest BCUT2D eigenvalue weighted by atomic mass is 16.5. The minimum absolute atomic E-state index is 0.312. The minimum atomic E-state index is -0.312. The second-order valence-electron chi connectivity index (χ2n) is 8.36. The van der Waals surface area contributed by atoms with Crippen LogP contribution in [-0.4, -0.2) is 48.0 Å². The molecule has 10 heteroatoms. The zero-order valence-electron chi connectivity index (χ0n) is 20.3. The zero-order valence-corrected chi connectivity index (χ0v) is 20.3. The molecule has 0 aliphatic carbocycles. The van der Waals surface area contributed by atoms with Gasteiger partial charge in [-0.1, -0.05) is 6.07 Å². The molecule has 1 N–H and O–H groups in total. The second kappa shape index (κ2) is 9.23.